The second-order valence-corrected chi connectivity index (χ2v) is 4.75. The van der Waals surface area contributed by atoms with Gasteiger partial charge in [-0.05, 0) is 12.8 Å². The number of hydrogen-bond acceptors (Lipinski definition) is 3. The van der Waals surface area contributed by atoms with Gasteiger partial charge in [0.2, 0.25) is 5.91 Å². The zero-order chi connectivity index (χ0) is 12.9. The van der Waals surface area contributed by atoms with E-state index >= 15 is 0 Å². The Morgan fingerprint density at radius 1 is 1.18 bits per heavy atom. The molecular formula is C11H22N4O2. The first kappa shape index (κ1) is 13.8. The molecule has 3 amide bonds. The van der Waals surface area contributed by atoms with Gasteiger partial charge in [0.05, 0.1) is 5.54 Å². The molecule has 0 aromatic carbocycles. The number of rotatable bonds is 4. The average Bonchev–Trinajstić information content (AvgIpc) is 2.72. The highest BCUT2D eigenvalue weighted by Gasteiger charge is 2.36. The van der Waals surface area contributed by atoms with E-state index in [1.807, 2.05) is 0 Å². The van der Waals surface area contributed by atoms with E-state index in [0.29, 0.717) is 13.1 Å². The summed E-state index contributed by atoms with van der Waals surface area (Å²) in [5, 5.41) is 5.43. The molecule has 0 atom stereocenters. The minimum absolute atomic E-state index is 0.103. The van der Waals surface area contributed by atoms with Crippen molar-refractivity contribution in [3.63, 3.8) is 0 Å². The van der Waals surface area contributed by atoms with Crippen molar-refractivity contribution in [2.45, 2.75) is 31.2 Å². The predicted octanol–water partition coefficient (Wildman–Crippen LogP) is -0.355. The van der Waals surface area contributed by atoms with E-state index in [9.17, 15) is 9.59 Å². The fourth-order valence-corrected chi connectivity index (χ4v) is 1.91. The van der Waals surface area contributed by atoms with Crippen molar-refractivity contribution in [3.05, 3.63) is 0 Å². The minimum atomic E-state index is -0.689. The third kappa shape index (κ3) is 3.89. The fraction of sp³-hybridized carbons (Fsp3) is 0.818. The molecule has 0 bridgehead atoms. The van der Waals surface area contributed by atoms with E-state index in [0.717, 1.165) is 25.7 Å². The van der Waals surface area contributed by atoms with Crippen molar-refractivity contribution in [2.75, 3.05) is 27.2 Å². The van der Waals surface area contributed by atoms with Crippen molar-refractivity contribution in [1.82, 2.24) is 15.5 Å². The average molecular weight is 242 g/mol. The van der Waals surface area contributed by atoms with Gasteiger partial charge in [0.15, 0.2) is 0 Å². The molecule has 0 spiro atoms. The zero-order valence-electron chi connectivity index (χ0n) is 10.6. The van der Waals surface area contributed by atoms with E-state index in [1.54, 1.807) is 14.1 Å². The van der Waals surface area contributed by atoms with Crippen LogP contribution in [0.25, 0.3) is 0 Å². The number of hydrogen-bond donors (Lipinski definition) is 3. The second kappa shape index (κ2) is 5.86. The van der Waals surface area contributed by atoms with Crippen molar-refractivity contribution < 1.29 is 9.59 Å². The standard InChI is InChI=1S/C11H22N4O2/c1-15(2)10(17)14-8-7-13-9(16)11(12)5-3-4-6-11/h3-8,12H2,1-2H3,(H,13,16)(H,14,17). The van der Waals surface area contributed by atoms with Crippen LogP contribution in [0.5, 0.6) is 0 Å². The zero-order valence-corrected chi connectivity index (χ0v) is 10.6. The van der Waals surface area contributed by atoms with Crippen LogP contribution in [-0.2, 0) is 4.79 Å². The number of carbonyl (C=O) groups is 2. The molecular weight excluding hydrogens is 220 g/mol. The molecule has 98 valence electrons. The highest BCUT2D eigenvalue weighted by molar-refractivity contribution is 5.86. The van der Waals surface area contributed by atoms with Gasteiger partial charge in [0.25, 0.3) is 0 Å². The van der Waals surface area contributed by atoms with Crippen molar-refractivity contribution in [2.24, 2.45) is 5.73 Å². The van der Waals surface area contributed by atoms with Crippen LogP contribution in [0.3, 0.4) is 0 Å². The lowest BCUT2D eigenvalue weighted by molar-refractivity contribution is -0.126. The van der Waals surface area contributed by atoms with Gasteiger partial charge in [-0.1, -0.05) is 12.8 Å². The number of nitrogens with zero attached hydrogens (tertiary/aromatic N) is 1. The Labute approximate surface area is 102 Å². The normalized spacial score (nSPS) is 17.6. The highest BCUT2D eigenvalue weighted by Crippen LogP contribution is 2.26. The van der Waals surface area contributed by atoms with Crippen molar-refractivity contribution >= 4 is 11.9 Å². The highest BCUT2D eigenvalue weighted by atomic mass is 16.2. The van der Waals surface area contributed by atoms with Gasteiger partial charge in [-0.2, -0.15) is 0 Å². The molecule has 0 heterocycles. The maximum Gasteiger partial charge on any atom is 0.316 e. The van der Waals surface area contributed by atoms with Gasteiger partial charge in [-0.3, -0.25) is 4.79 Å². The van der Waals surface area contributed by atoms with Gasteiger partial charge in [0.1, 0.15) is 0 Å². The molecule has 4 N–H and O–H groups in total. The predicted molar refractivity (Wildman–Crippen MR) is 65.5 cm³/mol. The largest absolute Gasteiger partial charge is 0.353 e. The topological polar surface area (TPSA) is 87.5 Å². The number of nitrogens with two attached hydrogens (primary N) is 1. The van der Waals surface area contributed by atoms with Crippen LogP contribution in [0.4, 0.5) is 4.79 Å². The molecule has 0 unspecified atom stereocenters. The molecule has 17 heavy (non-hydrogen) atoms. The molecule has 1 saturated carbocycles. The second-order valence-electron chi connectivity index (χ2n) is 4.75. The number of carbonyl (C=O) groups excluding carboxylic acids is 2. The van der Waals surface area contributed by atoms with Crippen LogP contribution in [-0.4, -0.2) is 49.6 Å². The molecule has 0 saturated heterocycles. The number of amides is 3. The summed E-state index contributed by atoms with van der Waals surface area (Å²) < 4.78 is 0. The smallest absolute Gasteiger partial charge is 0.316 e. The summed E-state index contributed by atoms with van der Waals surface area (Å²) in [6.07, 6.45) is 3.54. The maximum atomic E-state index is 11.8. The van der Waals surface area contributed by atoms with Crippen LogP contribution in [0.2, 0.25) is 0 Å². The SMILES string of the molecule is CN(C)C(=O)NCCNC(=O)C1(N)CCCC1. The van der Waals surface area contributed by atoms with E-state index in [4.69, 9.17) is 5.73 Å². The van der Waals surface area contributed by atoms with Gasteiger partial charge < -0.3 is 21.3 Å². The van der Waals surface area contributed by atoms with E-state index < -0.39 is 5.54 Å². The molecule has 0 aromatic rings. The third-order valence-corrected chi connectivity index (χ3v) is 3.04. The summed E-state index contributed by atoms with van der Waals surface area (Å²) in [7, 11) is 3.34. The fourth-order valence-electron chi connectivity index (χ4n) is 1.91. The molecule has 1 aliphatic carbocycles. The lowest BCUT2D eigenvalue weighted by Gasteiger charge is -2.22. The lowest BCUT2D eigenvalue weighted by atomic mass is 9.98. The quantitative estimate of drug-likeness (QED) is 0.589. The summed E-state index contributed by atoms with van der Waals surface area (Å²) >= 11 is 0. The monoisotopic (exact) mass is 242 g/mol. The minimum Gasteiger partial charge on any atom is -0.353 e. The van der Waals surface area contributed by atoms with Crippen molar-refractivity contribution in [1.29, 1.82) is 0 Å². The van der Waals surface area contributed by atoms with Crippen LogP contribution in [0.15, 0.2) is 0 Å². The number of urea groups is 1. The van der Waals surface area contributed by atoms with E-state index in [-0.39, 0.29) is 11.9 Å². The van der Waals surface area contributed by atoms with Crippen LogP contribution in [0, 0.1) is 0 Å². The Balaban J connectivity index is 2.18. The molecule has 0 aliphatic heterocycles. The third-order valence-electron chi connectivity index (χ3n) is 3.04. The molecule has 1 aliphatic rings. The Morgan fingerprint density at radius 3 is 2.24 bits per heavy atom. The van der Waals surface area contributed by atoms with Crippen LogP contribution in [0.1, 0.15) is 25.7 Å². The molecule has 0 radical (unpaired) electrons. The number of nitrogens with one attached hydrogen (secondary N) is 2. The molecule has 6 heteroatoms. The first-order chi connectivity index (χ1) is 7.96. The van der Waals surface area contributed by atoms with E-state index in [2.05, 4.69) is 10.6 Å². The summed E-state index contributed by atoms with van der Waals surface area (Å²) in [6, 6.07) is -0.164. The summed E-state index contributed by atoms with van der Waals surface area (Å²) in [4.78, 5) is 24.4. The van der Waals surface area contributed by atoms with Crippen LogP contribution >= 0.6 is 0 Å². The summed E-state index contributed by atoms with van der Waals surface area (Å²) in [6.45, 7) is 0.830. The first-order valence-corrected chi connectivity index (χ1v) is 5.98. The Kier molecular flexibility index (Phi) is 4.74. The molecule has 1 fully saturated rings. The summed E-state index contributed by atoms with van der Waals surface area (Å²) in [5.74, 6) is -0.103. The van der Waals surface area contributed by atoms with Gasteiger partial charge in [0, 0.05) is 27.2 Å². The Morgan fingerprint density at radius 2 is 1.71 bits per heavy atom. The molecule has 1 rings (SSSR count). The van der Waals surface area contributed by atoms with Crippen molar-refractivity contribution in [3.8, 4) is 0 Å². The van der Waals surface area contributed by atoms with Gasteiger partial charge >= 0.3 is 6.03 Å². The van der Waals surface area contributed by atoms with Gasteiger partial charge in [-0.25, -0.2) is 4.79 Å². The molecule has 6 nitrogen and oxygen atoms in total. The Bertz CT molecular complexity index is 285. The summed E-state index contributed by atoms with van der Waals surface area (Å²) in [5.41, 5.74) is 5.30. The molecule has 0 aromatic heterocycles. The van der Waals surface area contributed by atoms with Gasteiger partial charge in [-0.15, -0.1) is 0 Å². The lowest BCUT2D eigenvalue weighted by Crippen LogP contribution is -2.53. The Hall–Kier alpha value is -1.30. The maximum absolute atomic E-state index is 11.8. The van der Waals surface area contributed by atoms with E-state index in [1.165, 1.54) is 4.90 Å². The van der Waals surface area contributed by atoms with Crippen LogP contribution < -0.4 is 16.4 Å². The first-order valence-electron chi connectivity index (χ1n) is 5.98.